The smallest absolute Gasteiger partial charge is 0.186 e. The van der Waals surface area contributed by atoms with Gasteiger partial charge in [0.1, 0.15) is 0 Å². The Morgan fingerprint density at radius 2 is 2.20 bits per heavy atom. The van der Waals surface area contributed by atoms with E-state index in [1.54, 1.807) is 25.5 Å². The number of benzene rings is 1. The molecule has 20 heavy (non-hydrogen) atoms. The Morgan fingerprint density at radius 3 is 2.80 bits per heavy atom. The standard InChI is InChI=1S/C13H18ClN3O2S/c1-4-15-13(20)17-16-8-9-6-10(14)12(19-5-2)11(7-9)18-3/h6-8H,4-5H2,1-3H3,(H2,15,17,20)/b16-8-. The summed E-state index contributed by atoms with van der Waals surface area (Å²) in [6, 6.07) is 3.54. The minimum atomic E-state index is 0.466. The van der Waals surface area contributed by atoms with Gasteiger partial charge in [0.05, 0.1) is 25.0 Å². The van der Waals surface area contributed by atoms with Gasteiger partial charge in [-0.1, -0.05) is 11.6 Å². The lowest BCUT2D eigenvalue weighted by molar-refractivity contribution is 0.311. The van der Waals surface area contributed by atoms with Gasteiger partial charge in [0.2, 0.25) is 0 Å². The number of methoxy groups -OCH3 is 1. The normalized spacial score (nSPS) is 10.4. The average Bonchev–Trinajstić information content (AvgIpc) is 2.41. The number of nitrogens with one attached hydrogen (secondary N) is 2. The molecule has 0 saturated carbocycles. The van der Waals surface area contributed by atoms with Gasteiger partial charge in [0.15, 0.2) is 16.6 Å². The lowest BCUT2D eigenvalue weighted by Gasteiger charge is -2.11. The zero-order valence-electron chi connectivity index (χ0n) is 11.7. The van der Waals surface area contributed by atoms with E-state index in [0.717, 1.165) is 12.1 Å². The quantitative estimate of drug-likeness (QED) is 0.480. The first-order valence-corrected chi connectivity index (χ1v) is 6.98. The highest BCUT2D eigenvalue weighted by Crippen LogP contribution is 2.35. The fraction of sp³-hybridized carbons (Fsp3) is 0.385. The van der Waals surface area contributed by atoms with Crippen molar-refractivity contribution in [3.05, 3.63) is 22.7 Å². The molecule has 0 amide bonds. The molecule has 1 aromatic carbocycles. The predicted molar refractivity (Wildman–Crippen MR) is 86.2 cm³/mol. The van der Waals surface area contributed by atoms with E-state index < -0.39 is 0 Å². The number of hydrazone groups is 1. The molecule has 0 aliphatic rings. The Labute approximate surface area is 129 Å². The Bertz CT molecular complexity index is 495. The van der Waals surface area contributed by atoms with Crippen LogP contribution in [-0.4, -0.2) is 31.6 Å². The lowest BCUT2D eigenvalue weighted by Crippen LogP contribution is -2.31. The SMILES string of the molecule is CCNC(=S)N/N=C\c1cc(Cl)c(OCC)c(OC)c1. The number of halogens is 1. The summed E-state index contributed by atoms with van der Waals surface area (Å²) in [5.74, 6) is 1.10. The average molecular weight is 316 g/mol. The maximum Gasteiger partial charge on any atom is 0.186 e. The van der Waals surface area contributed by atoms with Crippen molar-refractivity contribution in [2.75, 3.05) is 20.3 Å². The van der Waals surface area contributed by atoms with Crippen LogP contribution in [0.5, 0.6) is 11.5 Å². The van der Waals surface area contributed by atoms with E-state index in [9.17, 15) is 0 Å². The van der Waals surface area contributed by atoms with Gasteiger partial charge in [-0.25, -0.2) is 0 Å². The van der Waals surface area contributed by atoms with Crippen molar-refractivity contribution < 1.29 is 9.47 Å². The summed E-state index contributed by atoms with van der Waals surface area (Å²) >= 11 is 11.1. The molecule has 0 spiro atoms. The highest BCUT2D eigenvalue weighted by Gasteiger charge is 2.10. The molecule has 1 rings (SSSR count). The van der Waals surface area contributed by atoms with Crippen LogP contribution in [0.15, 0.2) is 17.2 Å². The molecule has 0 fully saturated rings. The zero-order valence-corrected chi connectivity index (χ0v) is 13.3. The molecule has 0 unspecified atom stereocenters. The molecule has 2 N–H and O–H groups in total. The molecule has 1 aromatic rings. The Balaban J connectivity index is 2.84. The van der Waals surface area contributed by atoms with E-state index >= 15 is 0 Å². The topological polar surface area (TPSA) is 54.9 Å². The first kappa shape index (κ1) is 16.5. The molecule has 0 radical (unpaired) electrons. The summed E-state index contributed by atoms with van der Waals surface area (Å²) in [4.78, 5) is 0. The minimum absolute atomic E-state index is 0.466. The predicted octanol–water partition coefficient (Wildman–Crippen LogP) is 2.57. The van der Waals surface area contributed by atoms with Crippen molar-refractivity contribution in [3.8, 4) is 11.5 Å². The Morgan fingerprint density at radius 1 is 1.45 bits per heavy atom. The largest absolute Gasteiger partial charge is 0.493 e. The van der Waals surface area contributed by atoms with Crippen molar-refractivity contribution >= 4 is 35.1 Å². The summed E-state index contributed by atoms with van der Waals surface area (Å²) < 4.78 is 10.7. The third kappa shape index (κ3) is 4.86. The van der Waals surface area contributed by atoms with Crippen LogP contribution in [0, 0.1) is 0 Å². The van der Waals surface area contributed by atoms with Crippen LogP contribution >= 0.6 is 23.8 Å². The molecule has 0 bridgehead atoms. The number of ether oxygens (including phenoxy) is 2. The Kier molecular flexibility index (Phi) is 7.11. The number of thiocarbonyl (C=S) groups is 1. The second-order valence-corrected chi connectivity index (χ2v) is 4.51. The third-order valence-corrected chi connectivity index (χ3v) is 2.77. The zero-order chi connectivity index (χ0) is 15.0. The lowest BCUT2D eigenvalue weighted by atomic mass is 10.2. The van der Waals surface area contributed by atoms with Gasteiger partial charge in [-0.2, -0.15) is 5.10 Å². The van der Waals surface area contributed by atoms with Crippen molar-refractivity contribution in [2.24, 2.45) is 5.10 Å². The second-order valence-electron chi connectivity index (χ2n) is 3.70. The highest BCUT2D eigenvalue weighted by molar-refractivity contribution is 7.80. The van der Waals surface area contributed by atoms with Crippen molar-refractivity contribution in [3.63, 3.8) is 0 Å². The van der Waals surface area contributed by atoms with Crippen molar-refractivity contribution in [1.29, 1.82) is 0 Å². The molecule has 5 nitrogen and oxygen atoms in total. The van der Waals surface area contributed by atoms with E-state index in [1.165, 1.54) is 0 Å². The number of hydrogen-bond donors (Lipinski definition) is 2. The van der Waals surface area contributed by atoms with Gasteiger partial charge in [-0.05, 0) is 43.8 Å². The van der Waals surface area contributed by atoms with Gasteiger partial charge < -0.3 is 14.8 Å². The summed E-state index contributed by atoms with van der Waals surface area (Å²) in [7, 11) is 1.56. The number of nitrogens with zero attached hydrogens (tertiary/aromatic N) is 1. The molecular weight excluding hydrogens is 298 g/mol. The Hall–Kier alpha value is -1.53. The van der Waals surface area contributed by atoms with E-state index in [1.807, 2.05) is 13.8 Å². The van der Waals surface area contributed by atoms with Gasteiger partial charge in [-0.15, -0.1) is 0 Å². The number of hydrogen-bond acceptors (Lipinski definition) is 4. The van der Waals surface area contributed by atoms with Crippen LogP contribution in [0.3, 0.4) is 0 Å². The van der Waals surface area contributed by atoms with E-state index in [-0.39, 0.29) is 0 Å². The minimum Gasteiger partial charge on any atom is -0.493 e. The third-order valence-electron chi connectivity index (χ3n) is 2.26. The fourth-order valence-electron chi connectivity index (χ4n) is 1.46. The van der Waals surface area contributed by atoms with Gasteiger partial charge in [0, 0.05) is 6.54 Å². The van der Waals surface area contributed by atoms with Crippen LogP contribution in [0.1, 0.15) is 19.4 Å². The molecule has 0 aliphatic heterocycles. The maximum absolute atomic E-state index is 6.16. The number of rotatable bonds is 6. The van der Waals surface area contributed by atoms with Crippen LogP contribution < -0.4 is 20.2 Å². The van der Waals surface area contributed by atoms with Crippen LogP contribution in [0.4, 0.5) is 0 Å². The molecule has 0 saturated heterocycles. The monoisotopic (exact) mass is 315 g/mol. The molecule has 0 aromatic heterocycles. The van der Waals surface area contributed by atoms with Gasteiger partial charge in [0.25, 0.3) is 0 Å². The van der Waals surface area contributed by atoms with Gasteiger partial charge >= 0.3 is 0 Å². The first-order chi connectivity index (χ1) is 9.62. The van der Waals surface area contributed by atoms with Crippen LogP contribution in [0.2, 0.25) is 5.02 Å². The highest BCUT2D eigenvalue weighted by atomic mass is 35.5. The first-order valence-electron chi connectivity index (χ1n) is 6.19. The molecule has 110 valence electrons. The van der Waals surface area contributed by atoms with Crippen molar-refractivity contribution in [2.45, 2.75) is 13.8 Å². The summed E-state index contributed by atoms with van der Waals surface area (Å²) in [5, 5.41) is 7.89. The summed E-state index contributed by atoms with van der Waals surface area (Å²) in [6.07, 6.45) is 1.60. The molecule has 0 atom stereocenters. The van der Waals surface area contributed by atoms with Crippen LogP contribution in [0.25, 0.3) is 0 Å². The molecular formula is C13H18ClN3O2S. The fourth-order valence-corrected chi connectivity index (χ4v) is 1.93. The van der Waals surface area contributed by atoms with Gasteiger partial charge in [-0.3, -0.25) is 5.43 Å². The van der Waals surface area contributed by atoms with E-state index in [2.05, 4.69) is 15.8 Å². The van der Waals surface area contributed by atoms with E-state index in [4.69, 9.17) is 33.3 Å². The van der Waals surface area contributed by atoms with E-state index in [0.29, 0.717) is 28.2 Å². The second kappa shape index (κ2) is 8.60. The molecule has 0 aliphatic carbocycles. The summed E-state index contributed by atoms with van der Waals surface area (Å²) in [6.45, 7) is 5.09. The molecule has 7 heteroatoms. The maximum atomic E-state index is 6.16. The van der Waals surface area contributed by atoms with Crippen molar-refractivity contribution in [1.82, 2.24) is 10.7 Å². The molecule has 0 heterocycles. The van der Waals surface area contributed by atoms with Crippen LogP contribution in [-0.2, 0) is 0 Å². The summed E-state index contributed by atoms with van der Waals surface area (Å²) in [5.41, 5.74) is 3.48.